The van der Waals surface area contributed by atoms with Crippen molar-refractivity contribution in [2.24, 2.45) is 0 Å². The topological polar surface area (TPSA) is 12.0 Å². The van der Waals surface area contributed by atoms with Crippen molar-refractivity contribution in [3.8, 4) is 0 Å². The van der Waals surface area contributed by atoms with Gasteiger partial charge >= 0.3 is 0 Å². The lowest BCUT2D eigenvalue weighted by atomic mass is 10.0. The van der Waals surface area contributed by atoms with E-state index in [1.165, 1.54) is 16.9 Å². The van der Waals surface area contributed by atoms with Crippen LogP contribution in [0, 0.1) is 0 Å². The minimum absolute atomic E-state index is 0.458. The van der Waals surface area contributed by atoms with Gasteiger partial charge in [-0.15, -0.1) is 11.8 Å². The second-order valence-electron chi connectivity index (χ2n) is 3.69. The van der Waals surface area contributed by atoms with Gasteiger partial charge in [0.15, 0.2) is 0 Å². The van der Waals surface area contributed by atoms with Gasteiger partial charge in [-0.25, -0.2) is 0 Å². The zero-order valence-corrected chi connectivity index (χ0v) is 9.95. The van der Waals surface area contributed by atoms with E-state index in [-0.39, 0.29) is 0 Å². The SMILES string of the molecule is CNC1CC(C)Sc2ccc(Cl)cc21. The number of benzene rings is 1. The van der Waals surface area contributed by atoms with Crippen LogP contribution in [0.4, 0.5) is 0 Å². The van der Waals surface area contributed by atoms with Crippen molar-refractivity contribution in [3.63, 3.8) is 0 Å². The minimum atomic E-state index is 0.458. The molecule has 0 saturated heterocycles. The van der Waals surface area contributed by atoms with Crippen LogP contribution < -0.4 is 5.32 Å². The van der Waals surface area contributed by atoms with Gasteiger partial charge in [0, 0.05) is 21.2 Å². The quantitative estimate of drug-likeness (QED) is 0.789. The highest BCUT2D eigenvalue weighted by molar-refractivity contribution is 8.00. The van der Waals surface area contributed by atoms with Crippen molar-refractivity contribution in [2.75, 3.05) is 7.05 Å². The van der Waals surface area contributed by atoms with Crippen LogP contribution in [0.3, 0.4) is 0 Å². The zero-order valence-electron chi connectivity index (χ0n) is 8.38. The summed E-state index contributed by atoms with van der Waals surface area (Å²) in [5.74, 6) is 0. The molecule has 0 aromatic heterocycles. The van der Waals surface area contributed by atoms with Gasteiger partial charge in [-0.05, 0) is 37.2 Å². The molecule has 14 heavy (non-hydrogen) atoms. The molecule has 1 heterocycles. The molecule has 1 aliphatic rings. The van der Waals surface area contributed by atoms with Crippen LogP contribution in [0.2, 0.25) is 5.02 Å². The Labute approximate surface area is 94.2 Å². The van der Waals surface area contributed by atoms with Gasteiger partial charge in [0.1, 0.15) is 0 Å². The second-order valence-corrected chi connectivity index (χ2v) is 5.60. The maximum absolute atomic E-state index is 6.00. The number of thioether (sulfide) groups is 1. The van der Waals surface area contributed by atoms with Crippen LogP contribution in [-0.2, 0) is 0 Å². The Bertz CT molecular complexity index is 340. The molecular weight excluding hydrogens is 214 g/mol. The van der Waals surface area contributed by atoms with E-state index in [1.807, 2.05) is 24.9 Å². The summed E-state index contributed by atoms with van der Waals surface area (Å²) in [5, 5.41) is 4.86. The largest absolute Gasteiger partial charge is 0.313 e. The maximum Gasteiger partial charge on any atom is 0.0410 e. The molecule has 1 nitrogen and oxygen atoms in total. The normalized spacial score (nSPS) is 25.9. The summed E-state index contributed by atoms with van der Waals surface area (Å²) in [5.41, 5.74) is 1.35. The molecule has 0 fully saturated rings. The summed E-state index contributed by atoms with van der Waals surface area (Å²) >= 11 is 7.94. The van der Waals surface area contributed by atoms with E-state index < -0.39 is 0 Å². The predicted octanol–water partition coefficient (Wildman–Crippen LogP) is 3.48. The van der Waals surface area contributed by atoms with Gasteiger partial charge in [0.2, 0.25) is 0 Å². The molecule has 1 aliphatic heterocycles. The standard InChI is InChI=1S/C11H14ClNS/c1-7-5-10(13-2)9-6-8(12)3-4-11(9)14-7/h3-4,6-7,10,13H,5H2,1-2H3. The Morgan fingerprint density at radius 2 is 2.29 bits per heavy atom. The predicted molar refractivity (Wildman–Crippen MR) is 63.2 cm³/mol. The van der Waals surface area contributed by atoms with Crippen LogP contribution in [0.25, 0.3) is 0 Å². The molecule has 2 atom stereocenters. The van der Waals surface area contributed by atoms with Gasteiger partial charge in [0.05, 0.1) is 0 Å². The monoisotopic (exact) mass is 227 g/mol. The molecule has 1 aromatic carbocycles. The van der Waals surface area contributed by atoms with Gasteiger partial charge in [-0.1, -0.05) is 18.5 Å². The first-order valence-electron chi connectivity index (χ1n) is 4.84. The number of hydrogen-bond acceptors (Lipinski definition) is 2. The first kappa shape index (κ1) is 10.3. The van der Waals surface area contributed by atoms with Crippen molar-refractivity contribution in [3.05, 3.63) is 28.8 Å². The van der Waals surface area contributed by atoms with Crippen molar-refractivity contribution in [2.45, 2.75) is 29.5 Å². The first-order valence-corrected chi connectivity index (χ1v) is 6.10. The smallest absolute Gasteiger partial charge is 0.0410 e. The maximum atomic E-state index is 6.00. The average molecular weight is 228 g/mol. The Hall–Kier alpha value is -0.180. The van der Waals surface area contributed by atoms with E-state index in [0.29, 0.717) is 11.3 Å². The van der Waals surface area contributed by atoms with E-state index in [1.54, 1.807) is 0 Å². The van der Waals surface area contributed by atoms with E-state index in [9.17, 15) is 0 Å². The van der Waals surface area contributed by atoms with Gasteiger partial charge in [0.25, 0.3) is 0 Å². The molecule has 0 bridgehead atoms. The molecule has 0 amide bonds. The second kappa shape index (κ2) is 4.13. The van der Waals surface area contributed by atoms with Crippen LogP contribution in [0.15, 0.2) is 23.1 Å². The van der Waals surface area contributed by atoms with E-state index >= 15 is 0 Å². The fourth-order valence-electron chi connectivity index (χ4n) is 1.90. The third-order valence-corrected chi connectivity index (χ3v) is 4.05. The molecule has 0 radical (unpaired) electrons. The highest BCUT2D eigenvalue weighted by Gasteiger charge is 2.23. The molecule has 3 heteroatoms. The van der Waals surface area contributed by atoms with Crippen LogP contribution >= 0.6 is 23.4 Å². The summed E-state index contributed by atoms with van der Waals surface area (Å²) in [6.07, 6.45) is 1.18. The average Bonchev–Trinajstić information content (AvgIpc) is 2.17. The molecule has 76 valence electrons. The molecule has 0 spiro atoms. The highest BCUT2D eigenvalue weighted by Crippen LogP contribution is 2.41. The lowest BCUT2D eigenvalue weighted by Crippen LogP contribution is -2.23. The fourth-order valence-corrected chi connectivity index (χ4v) is 3.28. The molecule has 0 saturated carbocycles. The van der Waals surface area contributed by atoms with Gasteiger partial charge in [-0.3, -0.25) is 0 Å². The van der Waals surface area contributed by atoms with Crippen molar-refractivity contribution in [1.82, 2.24) is 5.32 Å². The Morgan fingerprint density at radius 3 is 3.00 bits per heavy atom. The third-order valence-electron chi connectivity index (χ3n) is 2.59. The van der Waals surface area contributed by atoms with Gasteiger partial charge < -0.3 is 5.32 Å². The van der Waals surface area contributed by atoms with Crippen LogP contribution in [-0.4, -0.2) is 12.3 Å². The zero-order chi connectivity index (χ0) is 10.1. The summed E-state index contributed by atoms with van der Waals surface area (Å²) in [7, 11) is 2.01. The number of halogens is 1. The van der Waals surface area contributed by atoms with E-state index in [0.717, 1.165) is 5.02 Å². The van der Waals surface area contributed by atoms with E-state index in [2.05, 4.69) is 24.4 Å². The molecule has 0 aliphatic carbocycles. The van der Waals surface area contributed by atoms with Crippen molar-refractivity contribution >= 4 is 23.4 Å². The summed E-state index contributed by atoms with van der Waals surface area (Å²) in [6.45, 7) is 2.27. The van der Waals surface area contributed by atoms with Crippen LogP contribution in [0.1, 0.15) is 24.9 Å². The van der Waals surface area contributed by atoms with Crippen molar-refractivity contribution in [1.29, 1.82) is 0 Å². The van der Waals surface area contributed by atoms with Gasteiger partial charge in [-0.2, -0.15) is 0 Å². The summed E-state index contributed by atoms with van der Waals surface area (Å²) in [6, 6.07) is 6.64. The third kappa shape index (κ3) is 1.92. The Kier molecular flexibility index (Phi) is 3.05. The molecule has 1 N–H and O–H groups in total. The lowest BCUT2D eigenvalue weighted by molar-refractivity contribution is 0.531. The molecule has 1 aromatic rings. The van der Waals surface area contributed by atoms with Crippen molar-refractivity contribution < 1.29 is 0 Å². The summed E-state index contributed by atoms with van der Waals surface area (Å²) in [4.78, 5) is 1.37. The fraction of sp³-hybridized carbons (Fsp3) is 0.455. The lowest BCUT2D eigenvalue weighted by Gasteiger charge is -2.29. The number of hydrogen-bond donors (Lipinski definition) is 1. The first-order chi connectivity index (χ1) is 6.70. The summed E-state index contributed by atoms with van der Waals surface area (Å²) < 4.78 is 0. The Balaban J connectivity index is 2.41. The van der Waals surface area contributed by atoms with Crippen LogP contribution in [0.5, 0.6) is 0 Å². The molecular formula is C11H14ClNS. The number of rotatable bonds is 1. The Morgan fingerprint density at radius 1 is 1.50 bits per heavy atom. The van der Waals surface area contributed by atoms with E-state index in [4.69, 9.17) is 11.6 Å². The molecule has 2 rings (SSSR count). The highest BCUT2D eigenvalue weighted by atomic mass is 35.5. The number of nitrogens with one attached hydrogen (secondary N) is 1. The molecule has 2 unspecified atom stereocenters. The minimum Gasteiger partial charge on any atom is -0.313 e. The number of fused-ring (bicyclic) bond motifs is 1.